The summed E-state index contributed by atoms with van der Waals surface area (Å²) in [7, 11) is 0. The van der Waals surface area contributed by atoms with Gasteiger partial charge in [0.25, 0.3) is 0 Å². The van der Waals surface area contributed by atoms with Crippen molar-refractivity contribution in [1.82, 2.24) is 9.97 Å². The maximum absolute atomic E-state index is 4.41. The van der Waals surface area contributed by atoms with Gasteiger partial charge in [-0.1, -0.05) is 18.2 Å². The third-order valence-corrected chi connectivity index (χ3v) is 2.70. The van der Waals surface area contributed by atoms with Crippen LogP contribution in [0.25, 0.3) is 21.8 Å². The first-order valence-electron chi connectivity index (χ1n) is 4.95. The molecule has 0 aliphatic rings. The minimum absolute atomic E-state index is 0. The summed E-state index contributed by atoms with van der Waals surface area (Å²) in [4.78, 5) is 8.80. The van der Waals surface area contributed by atoms with E-state index in [-0.39, 0.29) is 27.3 Å². The van der Waals surface area contributed by atoms with Gasteiger partial charge >= 0.3 is 27.3 Å². The van der Waals surface area contributed by atoms with E-state index in [2.05, 4.69) is 35.1 Å². The predicted octanol–water partition coefficient (Wildman–Crippen LogP) is 2.18. The number of hydrogen-bond acceptors (Lipinski definition) is 2. The van der Waals surface area contributed by atoms with Crippen molar-refractivity contribution in [3.05, 3.63) is 48.3 Å². The summed E-state index contributed by atoms with van der Waals surface area (Å²) < 4.78 is 0. The van der Waals surface area contributed by atoms with Gasteiger partial charge in [0.15, 0.2) is 0 Å². The number of pyridine rings is 2. The minimum atomic E-state index is 0. The number of fused-ring (bicyclic) bond motifs is 3. The van der Waals surface area contributed by atoms with Gasteiger partial charge in [-0.15, -0.1) is 0 Å². The van der Waals surface area contributed by atoms with Gasteiger partial charge in [-0.2, -0.15) is 0 Å². The Balaban J connectivity index is 0.000000963. The zero-order valence-electron chi connectivity index (χ0n) is 9.14. The Kier molecular flexibility index (Phi) is 3.18. The Hall–Kier alpha value is -1.04. The molecule has 0 saturated carbocycles. The summed E-state index contributed by atoms with van der Waals surface area (Å²) in [5.74, 6) is 0. The molecule has 0 spiro atoms. The molecule has 3 rings (SSSR count). The van der Waals surface area contributed by atoms with E-state index in [1.807, 2.05) is 24.5 Å². The summed E-state index contributed by atoms with van der Waals surface area (Å²) in [6.07, 6.45) is 3.65. The summed E-state index contributed by atoms with van der Waals surface area (Å²) in [5, 5.41) is 2.33. The number of aryl methyl sites for hydroxylation is 1. The second kappa shape index (κ2) is 4.45. The molecule has 3 aromatic rings. The van der Waals surface area contributed by atoms with Crippen LogP contribution in [-0.2, 0) is 0 Å². The molecule has 2 nitrogen and oxygen atoms in total. The van der Waals surface area contributed by atoms with Gasteiger partial charge in [0.1, 0.15) is 0 Å². The van der Waals surface area contributed by atoms with E-state index in [1.54, 1.807) is 0 Å². The van der Waals surface area contributed by atoms with Crippen LogP contribution in [0.5, 0.6) is 0 Å². The van der Waals surface area contributed by atoms with Crippen molar-refractivity contribution in [2.24, 2.45) is 0 Å². The van der Waals surface area contributed by atoms with Crippen molar-refractivity contribution < 1.29 is 0 Å². The molecule has 0 bridgehead atoms. The van der Waals surface area contributed by atoms with Crippen LogP contribution in [0.1, 0.15) is 5.56 Å². The molecule has 0 aliphatic heterocycles. The standard InChI is InChI=1S/C13H10N2.Pb.2H/c1-9-6-8-15-13-11(9)5-4-10-3-2-7-14-12(10)13;;;/h2-8H,1H3;;;. The first kappa shape index (κ1) is 11.4. The fourth-order valence-corrected chi connectivity index (χ4v) is 1.89. The molecule has 0 fully saturated rings. The van der Waals surface area contributed by atoms with Crippen LogP contribution >= 0.6 is 0 Å². The van der Waals surface area contributed by atoms with Gasteiger partial charge in [-0.3, -0.25) is 9.97 Å². The molecule has 0 amide bonds. The van der Waals surface area contributed by atoms with Crippen LogP contribution in [0.3, 0.4) is 0 Å². The summed E-state index contributed by atoms with van der Waals surface area (Å²) in [5.41, 5.74) is 3.22. The molecule has 78 valence electrons. The molecule has 1 aromatic carbocycles. The second-order valence-corrected chi connectivity index (χ2v) is 3.66. The van der Waals surface area contributed by atoms with Crippen molar-refractivity contribution in [3.8, 4) is 0 Å². The molecular formula is C13H12N2Pb. The van der Waals surface area contributed by atoms with Gasteiger partial charge in [0.05, 0.1) is 11.0 Å². The molecule has 0 N–H and O–H groups in total. The zero-order valence-corrected chi connectivity index (χ0v) is 14.6. The monoisotopic (exact) mass is 404 g/mol. The fourth-order valence-electron chi connectivity index (χ4n) is 1.89. The molecule has 0 aliphatic carbocycles. The molecular weight excluding hydrogens is 391 g/mol. The molecule has 2 radical (unpaired) electrons. The van der Waals surface area contributed by atoms with E-state index < -0.39 is 0 Å². The van der Waals surface area contributed by atoms with Crippen LogP contribution < -0.4 is 0 Å². The molecule has 16 heavy (non-hydrogen) atoms. The van der Waals surface area contributed by atoms with Gasteiger partial charge in [-0.25, -0.2) is 0 Å². The van der Waals surface area contributed by atoms with Gasteiger partial charge in [0.2, 0.25) is 0 Å². The number of rotatable bonds is 0. The number of hydrogen-bond donors (Lipinski definition) is 0. The van der Waals surface area contributed by atoms with Gasteiger partial charge in [-0.05, 0) is 24.6 Å². The Morgan fingerprint density at radius 2 is 1.69 bits per heavy atom. The van der Waals surface area contributed by atoms with E-state index in [4.69, 9.17) is 0 Å². The van der Waals surface area contributed by atoms with Crippen LogP contribution in [0, 0.1) is 6.92 Å². The van der Waals surface area contributed by atoms with Crippen LogP contribution in [0.15, 0.2) is 42.7 Å². The molecule has 0 atom stereocenters. The third kappa shape index (κ3) is 1.71. The molecule has 2 aromatic heterocycles. The Morgan fingerprint density at radius 1 is 0.875 bits per heavy atom. The summed E-state index contributed by atoms with van der Waals surface area (Å²) in [6, 6.07) is 10.2. The number of aromatic nitrogens is 2. The van der Waals surface area contributed by atoms with Crippen molar-refractivity contribution >= 4 is 49.1 Å². The van der Waals surface area contributed by atoms with E-state index in [9.17, 15) is 0 Å². The normalized spacial score (nSPS) is 10.3. The fraction of sp³-hybridized carbons (Fsp3) is 0.0769. The number of nitrogens with zero attached hydrogens (tertiary/aromatic N) is 2. The summed E-state index contributed by atoms with van der Waals surface area (Å²) in [6.45, 7) is 2.10. The number of benzene rings is 1. The maximum atomic E-state index is 4.41. The topological polar surface area (TPSA) is 25.8 Å². The molecule has 0 saturated heterocycles. The molecule has 2 heterocycles. The van der Waals surface area contributed by atoms with Crippen LogP contribution in [0.4, 0.5) is 0 Å². The Morgan fingerprint density at radius 3 is 2.56 bits per heavy atom. The van der Waals surface area contributed by atoms with Crippen molar-refractivity contribution in [2.75, 3.05) is 0 Å². The second-order valence-electron chi connectivity index (χ2n) is 3.66. The van der Waals surface area contributed by atoms with E-state index in [0.717, 1.165) is 16.4 Å². The van der Waals surface area contributed by atoms with Crippen LogP contribution in [-0.4, -0.2) is 37.3 Å². The third-order valence-electron chi connectivity index (χ3n) is 2.70. The first-order chi connectivity index (χ1) is 7.36. The average Bonchev–Trinajstić information content (AvgIpc) is 2.29. The molecule has 0 unspecified atom stereocenters. The first-order valence-corrected chi connectivity index (χ1v) is 4.95. The van der Waals surface area contributed by atoms with Crippen molar-refractivity contribution in [2.45, 2.75) is 6.92 Å². The Labute approximate surface area is 114 Å². The van der Waals surface area contributed by atoms with Crippen LogP contribution in [0.2, 0.25) is 0 Å². The van der Waals surface area contributed by atoms with Gasteiger partial charge in [0, 0.05) is 23.2 Å². The molecule has 3 heteroatoms. The van der Waals surface area contributed by atoms with E-state index >= 15 is 0 Å². The average molecular weight is 403 g/mol. The van der Waals surface area contributed by atoms with E-state index in [0.29, 0.717) is 0 Å². The predicted molar refractivity (Wildman–Crippen MR) is 70.3 cm³/mol. The Bertz CT molecular complexity index is 650. The van der Waals surface area contributed by atoms with E-state index in [1.165, 1.54) is 10.9 Å². The quantitative estimate of drug-likeness (QED) is 0.425. The zero-order chi connectivity index (χ0) is 10.3. The van der Waals surface area contributed by atoms with Gasteiger partial charge < -0.3 is 0 Å². The SMILES string of the molecule is Cc1ccnc2c1ccc1cccnc12.[PbH2]. The summed E-state index contributed by atoms with van der Waals surface area (Å²) >= 11 is 0. The van der Waals surface area contributed by atoms with Crippen molar-refractivity contribution in [1.29, 1.82) is 0 Å². The van der Waals surface area contributed by atoms with Crippen molar-refractivity contribution in [3.63, 3.8) is 0 Å².